The Morgan fingerprint density at radius 1 is 1.10 bits per heavy atom. The number of methoxy groups -OCH3 is 1. The zero-order valence-corrected chi connectivity index (χ0v) is 18.3. The molecule has 0 spiro atoms. The van der Waals surface area contributed by atoms with Crippen LogP contribution >= 0.6 is 0 Å². The number of anilines is 1. The number of amides is 1. The highest BCUT2D eigenvalue weighted by Crippen LogP contribution is 2.25. The molecule has 162 valence electrons. The zero-order valence-electron chi connectivity index (χ0n) is 17.5. The highest BCUT2D eigenvalue weighted by atomic mass is 32.2. The fourth-order valence-corrected chi connectivity index (χ4v) is 4.27. The Bertz CT molecular complexity index is 1000. The lowest BCUT2D eigenvalue weighted by Crippen LogP contribution is -2.43. The summed E-state index contributed by atoms with van der Waals surface area (Å²) < 4.78 is 31.8. The third-order valence-corrected chi connectivity index (χ3v) is 6.61. The number of likely N-dealkylation sites (N-methyl/N-ethyl adjacent to an activating group) is 1. The Morgan fingerprint density at radius 2 is 1.83 bits per heavy atom. The monoisotopic (exact) mass is 432 g/mol. The second-order valence-electron chi connectivity index (χ2n) is 7.31. The Balaban J connectivity index is 1.74. The van der Waals surface area contributed by atoms with E-state index < -0.39 is 10.0 Å². The van der Waals surface area contributed by atoms with Crippen LogP contribution in [-0.4, -0.2) is 71.5 Å². The van der Waals surface area contributed by atoms with Gasteiger partial charge in [0.25, 0.3) is 5.91 Å². The fourth-order valence-electron chi connectivity index (χ4n) is 3.35. The van der Waals surface area contributed by atoms with E-state index in [9.17, 15) is 13.2 Å². The van der Waals surface area contributed by atoms with Crippen molar-refractivity contribution >= 4 is 21.6 Å². The number of rotatable bonds is 7. The number of nitrogens with zero attached hydrogens (tertiary/aromatic N) is 2. The van der Waals surface area contributed by atoms with Crippen molar-refractivity contribution in [1.29, 1.82) is 0 Å². The van der Waals surface area contributed by atoms with E-state index in [1.165, 1.54) is 32.4 Å². The van der Waals surface area contributed by atoms with Crippen LogP contribution in [0.1, 0.15) is 15.9 Å². The minimum absolute atomic E-state index is 0.0797. The second kappa shape index (κ2) is 9.57. The van der Waals surface area contributed by atoms with Gasteiger partial charge in [0.2, 0.25) is 10.0 Å². The summed E-state index contributed by atoms with van der Waals surface area (Å²) in [6.07, 6.45) is 0. The Kier molecular flexibility index (Phi) is 7.09. The van der Waals surface area contributed by atoms with E-state index in [1.807, 2.05) is 24.3 Å². The van der Waals surface area contributed by atoms with Crippen LogP contribution in [-0.2, 0) is 16.6 Å². The molecule has 0 bridgehead atoms. The van der Waals surface area contributed by atoms with Crippen LogP contribution in [0.25, 0.3) is 0 Å². The SMILES string of the molecule is CNS(=O)(=O)c1cc(C(=O)Nc2cccc(CN3CCN(C)CC3)c2)ccc1OC. The minimum Gasteiger partial charge on any atom is -0.495 e. The second-order valence-corrected chi connectivity index (χ2v) is 9.16. The number of hydrogen-bond donors (Lipinski definition) is 2. The largest absolute Gasteiger partial charge is 0.495 e. The smallest absolute Gasteiger partial charge is 0.255 e. The molecule has 1 heterocycles. The highest BCUT2D eigenvalue weighted by molar-refractivity contribution is 7.89. The van der Waals surface area contributed by atoms with Gasteiger partial charge < -0.3 is 15.0 Å². The van der Waals surface area contributed by atoms with Crippen LogP contribution in [0.2, 0.25) is 0 Å². The van der Waals surface area contributed by atoms with E-state index in [-0.39, 0.29) is 22.1 Å². The predicted octanol–water partition coefficient (Wildman–Crippen LogP) is 1.60. The normalized spacial score (nSPS) is 15.7. The quantitative estimate of drug-likeness (QED) is 0.691. The molecular weight excluding hydrogens is 404 g/mol. The lowest BCUT2D eigenvalue weighted by molar-refractivity contribution is 0.102. The molecule has 30 heavy (non-hydrogen) atoms. The van der Waals surface area contributed by atoms with Gasteiger partial charge in [0.05, 0.1) is 7.11 Å². The molecule has 2 N–H and O–H groups in total. The summed E-state index contributed by atoms with van der Waals surface area (Å²) in [6.45, 7) is 4.95. The predicted molar refractivity (Wildman–Crippen MR) is 116 cm³/mol. The summed E-state index contributed by atoms with van der Waals surface area (Å²) in [5, 5.41) is 2.86. The molecule has 1 aliphatic rings. The first-order valence-corrected chi connectivity index (χ1v) is 11.2. The molecule has 1 aliphatic heterocycles. The number of nitrogens with one attached hydrogen (secondary N) is 2. The molecule has 0 atom stereocenters. The van der Waals surface area contributed by atoms with Gasteiger partial charge in [0.15, 0.2) is 0 Å². The van der Waals surface area contributed by atoms with Gasteiger partial charge in [-0.2, -0.15) is 0 Å². The number of carbonyl (C=O) groups excluding carboxylic acids is 1. The minimum atomic E-state index is -3.76. The molecule has 0 saturated carbocycles. The van der Waals surface area contributed by atoms with E-state index >= 15 is 0 Å². The molecule has 1 amide bonds. The number of benzene rings is 2. The molecule has 0 radical (unpaired) electrons. The van der Waals surface area contributed by atoms with Crippen molar-refractivity contribution in [2.24, 2.45) is 0 Å². The maximum atomic E-state index is 12.7. The Morgan fingerprint density at radius 3 is 2.50 bits per heavy atom. The maximum Gasteiger partial charge on any atom is 0.255 e. The van der Waals surface area contributed by atoms with Gasteiger partial charge in [0.1, 0.15) is 10.6 Å². The molecule has 1 fully saturated rings. The van der Waals surface area contributed by atoms with Gasteiger partial charge in [-0.1, -0.05) is 12.1 Å². The molecule has 3 rings (SSSR count). The molecule has 2 aromatic carbocycles. The summed E-state index contributed by atoms with van der Waals surface area (Å²) in [5.74, 6) is -0.211. The first-order valence-electron chi connectivity index (χ1n) is 9.75. The van der Waals surface area contributed by atoms with Gasteiger partial charge in [0, 0.05) is 44.0 Å². The first kappa shape index (κ1) is 22.2. The van der Waals surface area contributed by atoms with Crippen molar-refractivity contribution in [3.8, 4) is 5.75 Å². The van der Waals surface area contributed by atoms with E-state index in [1.54, 1.807) is 0 Å². The number of piperazine rings is 1. The maximum absolute atomic E-state index is 12.7. The lowest BCUT2D eigenvalue weighted by Gasteiger charge is -2.32. The average Bonchev–Trinajstić information content (AvgIpc) is 2.75. The van der Waals surface area contributed by atoms with Crippen LogP contribution < -0.4 is 14.8 Å². The topological polar surface area (TPSA) is 91.0 Å². The van der Waals surface area contributed by atoms with E-state index in [0.29, 0.717) is 5.69 Å². The van der Waals surface area contributed by atoms with Gasteiger partial charge >= 0.3 is 0 Å². The summed E-state index contributed by atoms with van der Waals surface area (Å²) in [7, 11) is 1.06. The highest BCUT2D eigenvalue weighted by Gasteiger charge is 2.20. The molecule has 1 saturated heterocycles. The molecule has 9 heteroatoms. The first-order chi connectivity index (χ1) is 14.3. The van der Waals surface area contributed by atoms with Crippen molar-refractivity contribution in [1.82, 2.24) is 14.5 Å². The third-order valence-electron chi connectivity index (χ3n) is 5.17. The van der Waals surface area contributed by atoms with E-state index in [4.69, 9.17) is 4.74 Å². The number of hydrogen-bond acceptors (Lipinski definition) is 6. The number of ether oxygens (including phenoxy) is 1. The van der Waals surface area contributed by atoms with Crippen molar-refractivity contribution in [3.05, 3.63) is 53.6 Å². The van der Waals surface area contributed by atoms with Crippen molar-refractivity contribution in [2.75, 3.05) is 52.7 Å². The molecule has 0 aliphatic carbocycles. The third kappa shape index (κ3) is 5.37. The van der Waals surface area contributed by atoms with Crippen LogP contribution in [0.4, 0.5) is 5.69 Å². The van der Waals surface area contributed by atoms with Gasteiger partial charge in [-0.25, -0.2) is 13.1 Å². The molecular formula is C21H28N4O4S. The average molecular weight is 433 g/mol. The van der Waals surface area contributed by atoms with Gasteiger partial charge in [-0.05, 0) is 50.0 Å². The molecule has 0 unspecified atom stereocenters. The summed E-state index contributed by atoms with van der Waals surface area (Å²) >= 11 is 0. The van der Waals surface area contributed by atoms with Crippen LogP contribution in [0.3, 0.4) is 0 Å². The van der Waals surface area contributed by atoms with Crippen LogP contribution in [0.5, 0.6) is 5.75 Å². The standard InChI is InChI=1S/C21H28N4O4S/c1-22-30(27,28)20-14-17(7-8-19(20)29-3)21(26)23-18-6-4-5-16(13-18)15-25-11-9-24(2)10-12-25/h4-8,13-14,22H,9-12,15H2,1-3H3,(H,23,26). The van der Waals surface area contributed by atoms with Crippen molar-refractivity contribution in [3.63, 3.8) is 0 Å². The fraction of sp³-hybridized carbons (Fsp3) is 0.381. The summed E-state index contributed by atoms with van der Waals surface area (Å²) in [5.41, 5.74) is 2.01. The Labute approximate surface area is 177 Å². The van der Waals surface area contributed by atoms with E-state index in [0.717, 1.165) is 38.3 Å². The van der Waals surface area contributed by atoms with Crippen LogP contribution in [0, 0.1) is 0 Å². The number of sulfonamides is 1. The number of carbonyl (C=O) groups is 1. The van der Waals surface area contributed by atoms with Crippen molar-refractivity contribution < 1.29 is 17.9 Å². The van der Waals surface area contributed by atoms with Gasteiger partial charge in [-0.3, -0.25) is 9.69 Å². The van der Waals surface area contributed by atoms with Gasteiger partial charge in [-0.15, -0.1) is 0 Å². The zero-order chi connectivity index (χ0) is 21.7. The Hall–Kier alpha value is -2.46. The van der Waals surface area contributed by atoms with Crippen molar-refractivity contribution in [2.45, 2.75) is 11.4 Å². The molecule has 0 aromatic heterocycles. The van der Waals surface area contributed by atoms with E-state index in [2.05, 4.69) is 26.9 Å². The molecule has 8 nitrogen and oxygen atoms in total. The summed E-state index contributed by atoms with van der Waals surface area (Å²) in [4.78, 5) is 17.4. The molecule has 2 aromatic rings. The van der Waals surface area contributed by atoms with Crippen LogP contribution in [0.15, 0.2) is 47.4 Å². The lowest BCUT2D eigenvalue weighted by atomic mass is 10.1. The summed E-state index contributed by atoms with van der Waals surface area (Å²) in [6, 6.07) is 12.0.